The summed E-state index contributed by atoms with van der Waals surface area (Å²) in [4.78, 5) is 34.6. The first-order valence-corrected chi connectivity index (χ1v) is 13.4. The first kappa shape index (κ1) is 27.1. The van der Waals surface area contributed by atoms with Crippen LogP contribution in [0.5, 0.6) is 0 Å². The number of amides is 1. The maximum absolute atomic E-state index is 12.9. The first-order valence-electron chi connectivity index (χ1n) is 11.1. The van der Waals surface area contributed by atoms with Gasteiger partial charge in [0.1, 0.15) is 5.01 Å². The minimum Gasteiger partial charge on any atom is -0.344 e. The number of nitro benzene ring substituents is 2. The second-order valence-corrected chi connectivity index (χ2v) is 10.6. The van der Waals surface area contributed by atoms with Crippen LogP contribution in [-0.4, -0.2) is 34.4 Å². The number of rotatable bonds is 10. The Labute approximate surface area is 225 Å². The summed E-state index contributed by atoms with van der Waals surface area (Å²) in [7, 11) is -3.98. The summed E-state index contributed by atoms with van der Waals surface area (Å²) in [5.74, 6) is -0.873. The van der Waals surface area contributed by atoms with Gasteiger partial charge in [-0.3, -0.25) is 29.7 Å². The van der Waals surface area contributed by atoms with Gasteiger partial charge in [-0.05, 0) is 42.8 Å². The van der Waals surface area contributed by atoms with Crippen molar-refractivity contribution in [3.05, 3.63) is 97.5 Å². The van der Waals surface area contributed by atoms with Crippen LogP contribution in [0.25, 0.3) is 0 Å². The summed E-state index contributed by atoms with van der Waals surface area (Å²) >= 11 is 1.10. The van der Waals surface area contributed by atoms with Gasteiger partial charge < -0.3 is 10.6 Å². The molecule has 0 spiro atoms. The molecule has 200 valence electrons. The van der Waals surface area contributed by atoms with Crippen LogP contribution >= 0.6 is 11.3 Å². The minimum atomic E-state index is -3.98. The largest absolute Gasteiger partial charge is 0.344 e. The van der Waals surface area contributed by atoms with Gasteiger partial charge in [0, 0.05) is 23.5 Å². The average molecular weight is 570 g/mol. The number of sulfonamides is 1. The molecule has 0 unspecified atom stereocenters. The molecule has 0 atom stereocenters. The van der Waals surface area contributed by atoms with Gasteiger partial charge in [0.25, 0.3) is 15.9 Å². The maximum atomic E-state index is 12.9. The lowest BCUT2D eigenvalue weighted by Crippen LogP contribution is -2.15. The second kappa shape index (κ2) is 11.2. The van der Waals surface area contributed by atoms with Gasteiger partial charge in [-0.1, -0.05) is 36.5 Å². The number of carbonyl (C=O) groups is 1. The molecule has 3 N–H and O–H groups in total. The van der Waals surface area contributed by atoms with Crippen LogP contribution in [-0.2, 0) is 16.4 Å². The summed E-state index contributed by atoms with van der Waals surface area (Å²) in [5.41, 5.74) is -1.53. The monoisotopic (exact) mass is 569 g/mol. The zero-order valence-electron chi connectivity index (χ0n) is 20.0. The Kier molecular flexibility index (Phi) is 7.78. The highest BCUT2D eigenvalue weighted by atomic mass is 32.2. The van der Waals surface area contributed by atoms with E-state index in [4.69, 9.17) is 0 Å². The molecule has 0 saturated carbocycles. The third kappa shape index (κ3) is 6.31. The smallest absolute Gasteiger partial charge is 0.300 e. The average Bonchev–Trinajstić information content (AvgIpc) is 3.36. The van der Waals surface area contributed by atoms with Crippen molar-refractivity contribution >= 4 is 60.8 Å². The Bertz CT molecular complexity index is 1620. The zero-order valence-corrected chi connectivity index (χ0v) is 21.7. The molecule has 0 aliphatic carbocycles. The number of benzene rings is 3. The molecule has 1 amide bonds. The molecular weight excluding hydrogens is 550 g/mol. The SMILES string of the molecule is CCc1nnc(NS(=O)(=O)c2ccc(NC(=O)c3cc([N+](=O)[O-])c(Nc4ccccc4)c([N+](=O)[O-])c3)cc2)s1. The molecule has 3 aromatic carbocycles. The summed E-state index contributed by atoms with van der Waals surface area (Å²) in [5, 5.41) is 37.0. The van der Waals surface area contributed by atoms with Crippen molar-refractivity contribution < 1.29 is 23.1 Å². The minimum absolute atomic E-state index is 0.109. The van der Waals surface area contributed by atoms with Crippen molar-refractivity contribution in [2.75, 3.05) is 15.4 Å². The van der Waals surface area contributed by atoms with Crippen molar-refractivity contribution in [3.63, 3.8) is 0 Å². The number of para-hydroxylation sites is 1. The number of hydrogen-bond acceptors (Lipinski definition) is 11. The topological polar surface area (TPSA) is 199 Å². The molecule has 0 aliphatic heterocycles. The summed E-state index contributed by atoms with van der Waals surface area (Å²) in [6, 6.07) is 15.1. The van der Waals surface area contributed by atoms with Gasteiger partial charge in [0.15, 0.2) is 5.69 Å². The number of carbonyl (C=O) groups excluding carboxylic acids is 1. The number of nitrogens with zero attached hydrogens (tertiary/aromatic N) is 4. The Morgan fingerprint density at radius 3 is 2.08 bits per heavy atom. The molecule has 39 heavy (non-hydrogen) atoms. The Balaban J connectivity index is 1.57. The van der Waals surface area contributed by atoms with Crippen molar-refractivity contribution in [1.29, 1.82) is 0 Å². The van der Waals surface area contributed by atoms with Crippen LogP contribution in [0.4, 0.5) is 33.6 Å². The maximum Gasteiger partial charge on any atom is 0.300 e. The molecule has 4 aromatic rings. The molecule has 0 saturated heterocycles. The van der Waals surface area contributed by atoms with Crippen molar-refractivity contribution in [1.82, 2.24) is 10.2 Å². The molecule has 0 radical (unpaired) electrons. The number of anilines is 4. The van der Waals surface area contributed by atoms with Gasteiger partial charge in [-0.2, -0.15) is 0 Å². The standard InChI is InChI=1S/C23H19N7O7S2/c1-2-20-26-27-23(38-20)28-39(36,37)17-10-8-16(9-11-17)25-22(31)14-12-18(29(32)33)21(19(13-14)30(34)35)24-15-6-4-3-5-7-15/h3-13,24H,2H2,1H3,(H,25,31)(H,27,28). The molecule has 1 aromatic heterocycles. The van der Waals surface area contributed by atoms with Gasteiger partial charge in [-0.25, -0.2) is 8.42 Å². The van der Waals surface area contributed by atoms with Crippen molar-refractivity contribution in [2.24, 2.45) is 0 Å². The van der Waals surface area contributed by atoms with E-state index >= 15 is 0 Å². The van der Waals surface area contributed by atoms with Gasteiger partial charge in [-0.15, -0.1) is 10.2 Å². The number of hydrogen-bond donors (Lipinski definition) is 3. The Morgan fingerprint density at radius 2 is 1.54 bits per heavy atom. The van der Waals surface area contributed by atoms with E-state index in [-0.39, 0.29) is 27.0 Å². The first-order chi connectivity index (χ1) is 18.6. The lowest BCUT2D eigenvalue weighted by Gasteiger charge is -2.11. The molecule has 0 bridgehead atoms. The number of aryl methyl sites for hydroxylation is 1. The van der Waals surface area contributed by atoms with E-state index in [0.717, 1.165) is 23.5 Å². The van der Waals surface area contributed by atoms with Crippen LogP contribution in [0.2, 0.25) is 0 Å². The van der Waals surface area contributed by atoms with Crippen molar-refractivity contribution in [2.45, 2.75) is 18.2 Å². The lowest BCUT2D eigenvalue weighted by atomic mass is 10.1. The van der Waals surface area contributed by atoms with E-state index in [2.05, 4.69) is 25.6 Å². The highest BCUT2D eigenvalue weighted by molar-refractivity contribution is 7.93. The lowest BCUT2D eigenvalue weighted by molar-refractivity contribution is -0.392. The molecular formula is C23H19N7O7S2. The molecule has 16 heteroatoms. The number of nitro groups is 2. The second-order valence-electron chi connectivity index (χ2n) is 7.83. The van der Waals surface area contributed by atoms with Gasteiger partial charge >= 0.3 is 11.4 Å². The predicted octanol–water partition coefficient (Wildman–Crippen LogP) is 4.71. The molecule has 0 aliphatic rings. The van der Waals surface area contributed by atoms with Gasteiger partial charge in [0.05, 0.1) is 20.3 Å². The molecule has 4 rings (SSSR count). The van der Waals surface area contributed by atoms with Crippen molar-refractivity contribution in [3.8, 4) is 0 Å². The summed E-state index contributed by atoms with van der Waals surface area (Å²) in [6.07, 6.45) is 0.604. The highest BCUT2D eigenvalue weighted by Gasteiger charge is 2.29. The fourth-order valence-electron chi connectivity index (χ4n) is 3.36. The van der Waals surface area contributed by atoms with Crippen LogP contribution in [0, 0.1) is 20.2 Å². The number of nitrogens with one attached hydrogen (secondary N) is 3. The Hall–Kier alpha value is -4.96. The van der Waals surface area contributed by atoms with E-state index in [1.807, 2.05) is 6.92 Å². The quantitative estimate of drug-likeness (QED) is 0.177. The van der Waals surface area contributed by atoms with E-state index in [1.165, 1.54) is 24.3 Å². The van der Waals surface area contributed by atoms with Crippen LogP contribution < -0.4 is 15.4 Å². The van der Waals surface area contributed by atoms with E-state index in [1.54, 1.807) is 30.3 Å². The third-order valence-corrected chi connectivity index (χ3v) is 7.68. The van der Waals surface area contributed by atoms with E-state index < -0.39 is 37.2 Å². The molecule has 1 heterocycles. The summed E-state index contributed by atoms with van der Waals surface area (Å²) < 4.78 is 27.6. The normalized spacial score (nSPS) is 11.0. The van der Waals surface area contributed by atoms with Crippen LogP contribution in [0.15, 0.2) is 71.6 Å². The molecule has 0 fully saturated rings. The fraction of sp³-hybridized carbons (Fsp3) is 0.0870. The van der Waals surface area contributed by atoms with Gasteiger partial charge in [0.2, 0.25) is 5.13 Å². The van der Waals surface area contributed by atoms with Crippen LogP contribution in [0.1, 0.15) is 22.3 Å². The fourth-order valence-corrected chi connectivity index (χ4v) is 5.27. The Morgan fingerprint density at radius 1 is 0.923 bits per heavy atom. The highest BCUT2D eigenvalue weighted by Crippen LogP contribution is 2.38. The molecule has 14 nitrogen and oxygen atoms in total. The number of aromatic nitrogens is 2. The summed E-state index contributed by atoms with van der Waals surface area (Å²) in [6.45, 7) is 1.86. The van der Waals surface area contributed by atoms with E-state index in [9.17, 15) is 33.4 Å². The van der Waals surface area contributed by atoms with E-state index in [0.29, 0.717) is 17.1 Å². The predicted molar refractivity (Wildman–Crippen MR) is 144 cm³/mol. The third-order valence-electron chi connectivity index (χ3n) is 5.21. The zero-order chi connectivity index (χ0) is 28.2. The van der Waals surface area contributed by atoms with Crippen LogP contribution in [0.3, 0.4) is 0 Å².